The second-order valence-electron chi connectivity index (χ2n) is 5.96. The number of fused-ring (bicyclic) bond motifs is 2. The van der Waals surface area contributed by atoms with Gasteiger partial charge in [0, 0.05) is 11.6 Å². The summed E-state index contributed by atoms with van der Waals surface area (Å²) in [6.07, 6.45) is 4.29. The average Bonchev–Trinajstić information content (AvgIpc) is 2.99. The Balaban J connectivity index is 1.74. The van der Waals surface area contributed by atoms with Crippen molar-refractivity contribution >= 4 is 21.6 Å². The molecule has 0 radical (unpaired) electrons. The van der Waals surface area contributed by atoms with Crippen LogP contribution in [0.1, 0.15) is 25.7 Å². The molecule has 1 amide bonds. The highest BCUT2D eigenvalue weighted by atomic mass is 32.2. The minimum Gasteiger partial charge on any atom is -0.326 e. The van der Waals surface area contributed by atoms with E-state index in [1.165, 1.54) is 12.5 Å². The molecule has 3 N–H and O–H groups in total. The highest BCUT2D eigenvalue weighted by Crippen LogP contribution is 2.48. The molecule has 0 aliphatic heterocycles. The van der Waals surface area contributed by atoms with E-state index in [1.54, 1.807) is 0 Å². The molecule has 2 bridgehead atoms. The maximum atomic E-state index is 13.7. The third-order valence-electron chi connectivity index (χ3n) is 4.58. The Morgan fingerprint density at radius 3 is 2.57 bits per heavy atom. The van der Waals surface area contributed by atoms with Gasteiger partial charge in [-0.05, 0) is 49.3 Å². The first-order valence-corrected chi connectivity index (χ1v) is 8.52. The van der Waals surface area contributed by atoms with Crippen molar-refractivity contribution in [2.24, 2.45) is 22.9 Å². The van der Waals surface area contributed by atoms with Gasteiger partial charge in [0.15, 0.2) is 0 Å². The fourth-order valence-electron chi connectivity index (χ4n) is 3.61. The number of nitrogens with two attached hydrogens (primary N) is 1. The fraction of sp³-hybridized carbons (Fsp3) is 0.500. The van der Waals surface area contributed by atoms with Crippen LogP contribution in [0.4, 0.5) is 10.1 Å². The van der Waals surface area contributed by atoms with E-state index in [1.807, 2.05) is 0 Å². The summed E-state index contributed by atoms with van der Waals surface area (Å²) in [5, 5.41) is 7.57. The number of benzene rings is 1. The Morgan fingerprint density at radius 1 is 1.29 bits per heavy atom. The summed E-state index contributed by atoms with van der Waals surface area (Å²) in [5.74, 6) is 0.00807. The zero-order chi connectivity index (χ0) is 15.2. The van der Waals surface area contributed by atoms with Crippen molar-refractivity contribution in [2.45, 2.75) is 30.6 Å². The number of sulfonamides is 1. The van der Waals surface area contributed by atoms with Gasteiger partial charge in [-0.2, -0.15) is 0 Å². The lowest BCUT2D eigenvalue weighted by Gasteiger charge is -2.20. The van der Waals surface area contributed by atoms with Crippen molar-refractivity contribution < 1.29 is 17.6 Å². The molecule has 7 heteroatoms. The molecule has 2 aliphatic rings. The number of anilines is 1. The van der Waals surface area contributed by atoms with Crippen LogP contribution >= 0.6 is 0 Å². The predicted molar refractivity (Wildman–Crippen MR) is 75.3 cm³/mol. The van der Waals surface area contributed by atoms with Gasteiger partial charge in [-0.25, -0.2) is 17.9 Å². The van der Waals surface area contributed by atoms with E-state index in [9.17, 15) is 17.6 Å². The van der Waals surface area contributed by atoms with Crippen molar-refractivity contribution in [2.75, 3.05) is 5.32 Å². The van der Waals surface area contributed by atoms with Crippen LogP contribution in [0.15, 0.2) is 23.1 Å². The standard InChI is InChI=1S/C14H17FN2O3S/c15-12-7-10(3-4-13(12)21(16,19)20)17-14(18)11-6-8-1-2-9(11)5-8/h3-4,7-9,11H,1-2,5-6H2,(H,17,18)(H2,16,19,20). The first-order chi connectivity index (χ1) is 9.84. The van der Waals surface area contributed by atoms with Crippen LogP contribution in [-0.4, -0.2) is 14.3 Å². The van der Waals surface area contributed by atoms with Crippen molar-refractivity contribution in [3.63, 3.8) is 0 Å². The molecular formula is C14H17FN2O3S. The summed E-state index contributed by atoms with van der Waals surface area (Å²) < 4.78 is 36.0. The average molecular weight is 312 g/mol. The number of carbonyl (C=O) groups is 1. The van der Waals surface area contributed by atoms with Crippen molar-refractivity contribution in [3.05, 3.63) is 24.0 Å². The second-order valence-corrected chi connectivity index (χ2v) is 7.49. The highest BCUT2D eigenvalue weighted by molar-refractivity contribution is 7.89. The maximum absolute atomic E-state index is 13.7. The van der Waals surface area contributed by atoms with Crippen molar-refractivity contribution in [1.29, 1.82) is 0 Å². The predicted octanol–water partition coefficient (Wildman–Crippen LogP) is 1.85. The lowest BCUT2D eigenvalue weighted by molar-refractivity contribution is -0.121. The molecule has 1 aromatic rings. The SMILES string of the molecule is NS(=O)(=O)c1ccc(NC(=O)C2CC3CCC2C3)cc1F. The molecule has 114 valence electrons. The Hall–Kier alpha value is -1.47. The molecule has 3 unspecified atom stereocenters. The number of carbonyl (C=O) groups excluding carboxylic acids is 1. The second kappa shape index (κ2) is 5.06. The molecule has 2 fully saturated rings. The summed E-state index contributed by atoms with van der Waals surface area (Å²) in [6, 6.07) is 3.42. The van der Waals surface area contributed by atoms with Crippen LogP contribution in [-0.2, 0) is 14.8 Å². The van der Waals surface area contributed by atoms with Gasteiger partial charge in [0.1, 0.15) is 10.7 Å². The van der Waals surface area contributed by atoms with Gasteiger partial charge in [0.05, 0.1) is 0 Å². The van der Waals surface area contributed by atoms with Crippen LogP contribution in [0.5, 0.6) is 0 Å². The lowest BCUT2D eigenvalue weighted by atomic mass is 9.88. The smallest absolute Gasteiger partial charge is 0.240 e. The quantitative estimate of drug-likeness (QED) is 0.892. The number of nitrogens with one attached hydrogen (secondary N) is 1. The largest absolute Gasteiger partial charge is 0.326 e. The van der Waals surface area contributed by atoms with Crippen LogP contribution in [0.3, 0.4) is 0 Å². The first-order valence-electron chi connectivity index (χ1n) is 6.98. The molecule has 0 aromatic heterocycles. The van der Waals surface area contributed by atoms with E-state index in [4.69, 9.17) is 5.14 Å². The molecule has 3 rings (SSSR count). The first kappa shape index (κ1) is 14.5. The van der Waals surface area contributed by atoms with Crippen molar-refractivity contribution in [1.82, 2.24) is 0 Å². The molecule has 0 spiro atoms. The summed E-state index contributed by atoms with van der Waals surface area (Å²) in [5.41, 5.74) is 0.257. The van der Waals surface area contributed by atoms with Crippen LogP contribution in [0.25, 0.3) is 0 Å². The van der Waals surface area contributed by atoms with Gasteiger partial charge in [-0.1, -0.05) is 6.42 Å². The van der Waals surface area contributed by atoms with Crippen LogP contribution < -0.4 is 10.5 Å². The summed E-state index contributed by atoms with van der Waals surface area (Å²) in [7, 11) is -4.09. The van der Waals surface area contributed by atoms with Crippen LogP contribution in [0.2, 0.25) is 0 Å². The topological polar surface area (TPSA) is 89.3 Å². The molecule has 1 aromatic carbocycles. The van der Waals surface area contributed by atoms with E-state index < -0.39 is 20.7 Å². The number of hydrogen-bond acceptors (Lipinski definition) is 3. The highest BCUT2D eigenvalue weighted by Gasteiger charge is 2.43. The van der Waals surface area contributed by atoms with E-state index in [0.29, 0.717) is 11.8 Å². The monoisotopic (exact) mass is 312 g/mol. The molecule has 0 heterocycles. The summed E-state index contributed by atoms with van der Waals surface area (Å²) in [4.78, 5) is 11.7. The van der Waals surface area contributed by atoms with Gasteiger partial charge < -0.3 is 5.32 Å². The Labute approximate surface area is 122 Å². The van der Waals surface area contributed by atoms with E-state index in [0.717, 1.165) is 31.4 Å². The fourth-order valence-corrected chi connectivity index (χ4v) is 4.20. The molecule has 2 saturated carbocycles. The van der Waals surface area contributed by atoms with Gasteiger partial charge >= 0.3 is 0 Å². The minimum absolute atomic E-state index is 0.00951. The van der Waals surface area contributed by atoms with E-state index >= 15 is 0 Å². The lowest BCUT2D eigenvalue weighted by Crippen LogP contribution is -2.27. The molecule has 2 aliphatic carbocycles. The van der Waals surface area contributed by atoms with Crippen LogP contribution in [0, 0.1) is 23.6 Å². The van der Waals surface area contributed by atoms with Gasteiger partial charge in [0.2, 0.25) is 15.9 Å². The number of halogens is 1. The number of rotatable bonds is 3. The third-order valence-corrected chi connectivity index (χ3v) is 5.52. The van der Waals surface area contributed by atoms with Gasteiger partial charge in [-0.15, -0.1) is 0 Å². The van der Waals surface area contributed by atoms with Gasteiger partial charge in [0.25, 0.3) is 0 Å². The van der Waals surface area contributed by atoms with Gasteiger partial charge in [-0.3, -0.25) is 4.79 Å². The van der Waals surface area contributed by atoms with E-state index in [-0.39, 0.29) is 17.5 Å². The molecule has 5 nitrogen and oxygen atoms in total. The maximum Gasteiger partial charge on any atom is 0.240 e. The zero-order valence-electron chi connectivity index (χ0n) is 11.4. The molecule has 0 saturated heterocycles. The zero-order valence-corrected chi connectivity index (χ0v) is 12.2. The molecular weight excluding hydrogens is 295 g/mol. The summed E-state index contributed by atoms with van der Waals surface area (Å²) in [6.45, 7) is 0. The Kier molecular flexibility index (Phi) is 3.49. The summed E-state index contributed by atoms with van der Waals surface area (Å²) >= 11 is 0. The minimum atomic E-state index is -4.09. The Morgan fingerprint density at radius 2 is 2.05 bits per heavy atom. The normalized spacial score (nSPS) is 27.8. The third kappa shape index (κ3) is 2.80. The van der Waals surface area contributed by atoms with E-state index in [2.05, 4.69) is 5.32 Å². The Bertz CT molecular complexity index is 689. The molecule has 21 heavy (non-hydrogen) atoms. The number of amides is 1. The van der Waals surface area contributed by atoms with Crippen molar-refractivity contribution in [3.8, 4) is 0 Å². The molecule has 3 atom stereocenters. The number of primary sulfonamides is 1. The number of hydrogen-bond donors (Lipinski definition) is 2.